The molecule has 0 spiro atoms. The van der Waals surface area contributed by atoms with E-state index in [1.54, 1.807) is 6.07 Å². The fourth-order valence-corrected chi connectivity index (χ4v) is 10.9. The molecule has 5 aliphatic rings. The number of nitrogens with one attached hydrogen (secondary N) is 4. The molecule has 0 radical (unpaired) electrons. The molecule has 0 amide bonds. The Morgan fingerprint density at radius 3 is 1.14 bits per heavy atom. The molecule has 14 bridgehead atoms. The number of hydrogen-bond donors (Lipinski definition) is 4. The molecule has 0 unspecified atom stereocenters. The molecule has 2 aliphatic carbocycles. The zero-order valence-corrected chi connectivity index (χ0v) is 39.1. The first-order valence-electron chi connectivity index (χ1n) is 23.6. The largest absolute Gasteiger partial charge is 0.462 e. The summed E-state index contributed by atoms with van der Waals surface area (Å²) in [5, 5.41) is 7.32. The van der Waals surface area contributed by atoms with Crippen LogP contribution in [-0.2, 0) is 44.0 Å². The third kappa shape index (κ3) is 7.79. The SMILES string of the molecule is CC#N.CC1(C)c2ccc([nH]2)C2(C)CCCCOC(=O)c3ccc4c(c3)/C(=C3\CCc5ccc(cc53)C(=O)OCCCCC(C)(c3ccc1[nH]3)c1ccc([nH]1)C(C)(C)c1ccc2[nH]1)CC4. The molecular weight excluding hydrogens is 807 g/mol. The number of rotatable bonds is 0. The molecule has 9 heteroatoms. The predicted molar refractivity (Wildman–Crippen MR) is 256 cm³/mol. The Kier molecular flexibility index (Phi) is 11.5. The van der Waals surface area contributed by atoms with Crippen molar-refractivity contribution in [2.24, 2.45) is 0 Å². The lowest BCUT2D eigenvalue weighted by atomic mass is 9.78. The summed E-state index contributed by atoms with van der Waals surface area (Å²) in [6, 6.07) is 31.9. The molecule has 2 aromatic carbocycles. The van der Waals surface area contributed by atoms with Crippen molar-refractivity contribution in [3.05, 3.63) is 164 Å². The minimum atomic E-state index is -0.358. The van der Waals surface area contributed by atoms with Crippen LogP contribution in [0.1, 0.15) is 188 Å². The molecular formula is C56H63N5O4. The summed E-state index contributed by atoms with van der Waals surface area (Å²) in [6.07, 6.45) is 8.66. The van der Waals surface area contributed by atoms with E-state index in [4.69, 9.17) is 14.7 Å². The number of aryl methyl sites for hydroxylation is 2. The second kappa shape index (κ2) is 16.9. The average Bonchev–Trinajstić information content (AvgIpc) is 4.14. The monoisotopic (exact) mass is 869 g/mol. The minimum absolute atomic E-state index is 0.284. The Hall–Kier alpha value is -6.27. The zero-order valence-electron chi connectivity index (χ0n) is 39.1. The maximum atomic E-state index is 13.6. The lowest BCUT2D eigenvalue weighted by Crippen LogP contribution is -2.29. The Balaban J connectivity index is 0.00000173. The van der Waals surface area contributed by atoms with Crippen molar-refractivity contribution in [2.45, 2.75) is 134 Å². The summed E-state index contributed by atoms with van der Waals surface area (Å²) in [6.45, 7) is 15.9. The Morgan fingerprint density at radius 1 is 0.477 bits per heavy atom. The normalized spacial score (nSPS) is 23.7. The first-order chi connectivity index (χ1) is 31.2. The second-order valence-electron chi connectivity index (χ2n) is 20.2. The van der Waals surface area contributed by atoms with Gasteiger partial charge in [0.15, 0.2) is 0 Å². The van der Waals surface area contributed by atoms with E-state index in [-0.39, 0.29) is 33.6 Å². The first kappa shape index (κ1) is 44.0. The number of benzene rings is 2. The molecule has 336 valence electrons. The molecule has 0 atom stereocenters. The molecule has 4 N–H and O–H groups in total. The van der Waals surface area contributed by atoms with Gasteiger partial charge in [0.25, 0.3) is 0 Å². The van der Waals surface area contributed by atoms with Crippen molar-refractivity contribution < 1.29 is 19.1 Å². The van der Waals surface area contributed by atoms with Crippen molar-refractivity contribution in [1.29, 1.82) is 5.26 Å². The van der Waals surface area contributed by atoms with Crippen LogP contribution in [0.25, 0.3) is 11.1 Å². The number of H-pyrrole nitrogens is 4. The van der Waals surface area contributed by atoms with E-state index < -0.39 is 0 Å². The molecule has 0 saturated heterocycles. The quantitative estimate of drug-likeness (QED) is 0.113. The fraction of sp³-hybridized carbons (Fsp3) is 0.411. The van der Waals surface area contributed by atoms with Crippen LogP contribution in [0.4, 0.5) is 0 Å². The van der Waals surface area contributed by atoms with Crippen LogP contribution in [-0.4, -0.2) is 45.1 Å². The van der Waals surface area contributed by atoms with Crippen molar-refractivity contribution in [3.8, 4) is 6.07 Å². The van der Waals surface area contributed by atoms with Gasteiger partial charge in [-0.25, -0.2) is 9.59 Å². The van der Waals surface area contributed by atoms with Gasteiger partial charge in [-0.05, 0) is 212 Å². The number of ether oxygens (including phenoxy) is 2. The highest BCUT2D eigenvalue weighted by atomic mass is 16.5. The maximum absolute atomic E-state index is 13.6. The topological polar surface area (TPSA) is 140 Å². The van der Waals surface area contributed by atoms with E-state index in [1.165, 1.54) is 29.2 Å². The summed E-state index contributed by atoms with van der Waals surface area (Å²) in [5.74, 6) is -0.568. The number of carbonyl (C=O) groups excluding carboxylic acids is 2. The van der Waals surface area contributed by atoms with E-state index in [1.807, 2.05) is 24.3 Å². The summed E-state index contributed by atoms with van der Waals surface area (Å²) < 4.78 is 12.0. The van der Waals surface area contributed by atoms with Crippen molar-refractivity contribution in [1.82, 2.24) is 19.9 Å². The second-order valence-corrected chi connectivity index (χ2v) is 20.2. The molecule has 65 heavy (non-hydrogen) atoms. The van der Waals surface area contributed by atoms with Crippen molar-refractivity contribution in [2.75, 3.05) is 13.2 Å². The number of fused-ring (bicyclic) bond motifs is 10. The Morgan fingerprint density at radius 2 is 0.800 bits per heavy atom. The average molecular weight is 870 g/mol. The Labute approximate surface area is 383 Å². The van der Waals surface area contributed by atoms with Crippen LogP contribution in [0.2, 0.25) is 0 Å². The first-order valence-corrected chi connectivity index (χ1v) is 23.6. The highest BCUT2D eigenvalue weighted by molar-refractivity contribution is 6.00. The third-order valence-electron chi connectivity index (χ3n) is 15.4. The van der Waals surface area contributed by atoms with Crippen LogP contribution < -0.4 is 0 Å². The number of nitriles is 1. The predicted octanol–water partition coefficient (Wildman–Crippen LogP) is 12.3. The highest BCUT2D eigenvalue weighted by Crippen LogP contribution is 2.46. The van der Waals surface area contributed by atoms with Gasteiger partial charge in [0.05, 0.1) is 30.4 Å². The lowest BCUT2D eigenvalue weighted by Gasteiger charge is -2.31. The molecule has 3 aliphatic heterocycles. The number of hydrogen-bond acceptors (Lipinski definition) is 5. The van der Waals surface area contributed by atoms with Gasteiger partial charge in [-0.1, -0.05) is 12.1 Å². The van der Waals surface area contributed by atoms with Gasteiger partial charge in [0.1, 0.15) is 0 Å². The van der Waals surface area contributed by atoms with Gasteiger partial charge < -0.3 is 29.4 Å². The summed E-state index contributed by atoms with van der Waals surface area (Å²) in [7, 11) is 0. The van der Waals surface area contributed by atoms with E-state index in [2.05, 4.69) is 122 Å². The summed E-state index contributed by atoms with van der Waals surface area (Å²) >= 11 is 0. The number of aromatic nitrogens is 4. The van der Waals surface area contributed by atoms with Gasteiger partial charge in [-0.15, -0.1) is 0 Å². The number of nitrogens with zero attached hydrogens (tertiary/aromatic N) is 1. The van der Waals surface area contributed by atoms with Gasteiger partial charge in [-0.3, -0.25) is 0 Å². The number of esters is 2. The van der Waals surface area contributed by atoms with Crippen LogP contribution >= 0.6 is 0 Å². The third-order valence-corrected chi connectivity index (χ3v) is 15.4. The summed E-state index contributed by atoms with van der Waals surface area (Å²) in [4.78, 5) is 43.0. The number of aromatic amines is 4. The fourth-order valence-electron chi connectivity index (χ4n) is 10.9. The van der Waals surface area contributed by atoms with Crippen molar-refractivity contribution in [3.63, 3.8) is 0 Å². The number of carbonyl (C=O) groups is 2. The molecule has 6 aromatic rings. The maximum Gasteiger partial charge on any atom is 0.338 e. The smallest absolute Gasteiger partial charge is 0.338 e. The van der Waals surface area contributed by atoms with Gasteiger partial charge in [0.2, 0.25) is 0 Å². The lowest BCUT2D eigenvalue weighted by molar-refractivity contribution is 0.0487. The molecule has 0 saturated carbocycles. The van der Waals surface area contributed by atoms with Gasteiger partial charge in [0, 0.05) is 74.1 Å². The molecule has 4 aromatic heterocycles. The minimum Gasteiger partial charge on any atom is -0.462 e. The molecule has 11 rings (SSSR count). The van der Waals surface area contributed by atoms with Crippen LogP contribution in [0.5, 0.6) is 0 Å². The highest BCUT2D eigenvalue weighted by Gasteiger charge is 2.39. The molecule has 7 heterocycles. The van der Waals surface area contributed by atoms with E-state index in [0.29, 0.717) is 24.3 Å². The van der Waals surface area contributed by atoms with E-state index >= 15 is 0 Å². The standard InChI is InChI=1S/C54H60N4O4.C2H3N/c1-51(2)41-19-23-45(55-41)53(5)27-7-9-29-61-49(59)35-13-11-33-15-17-37(39(33)31-35)38-18-16-34-12-14-36(32-40(34)38)50(60)62-30-10-8-28-54(6,46-24-20-42(51)56-46)48-26-22-44(58-48)52(3,4)43-21-25-47(53)57-43;1-2-3/h11-14,19-26,31-32,55-58H,7-10,15-18,27-30H2,1-6H3;1H3/b38-37+;. The van der Waals surface area contributed by atoms with Crippen LogP contribution in [0.3, 0.4) is 0 Å². The van der Waals surface area contributed by atoms with Crippen molar-refractivity contribution >= 4 is 23.1 Å². The van der Waals surface area contributed by atoms with Crippen LogP contribution in [0.15, 0.2) is 84.9 Å². The van der Waals surface area contributed by atoms with Gasteiger partial charge >= 0.3 is 11.9 Å². The van der Waals surface area contributed by atoms with E-state index in [9.17, 15) is 9.59 Å². The summed E-state index contributed by atoms with van der Waals surface area (Å²) in [5.41, 5.74) is 16.3. The molecule has 0 fully saturated rings. The van der Waals surface area contributed by atoms with Gasteiger partial charge in [-0.2, -0.15) is 5.26 Å². The Bertz CT molecular complexity index is 2570. The number of allylic oxidation sites excluding steroid dienone is 2. The van der Waals surface area contributed by atoms with E-state index in [0.717, 1.165) is 121 Å². The zero-order chi connectivity index (χ0) is 45.7. The van der Waals surface area contributed by atoms with Crippen LogP contribution in [0, 0.1) is 11.3 Å². The molecule has 9 nitrogen and oxygen atoms in total.